The van der Waals surface area contributed by atoms with Crippen LogP contribution in [-0.2, 0) is 28.6 Å². The molecule has 0 heterocycles. The zero-order valence-corrected chi connectivity index (χ0v) is 56.2. The molecule has 0 spiro atoms. The van der Waals surface area contributed by atoms with Crippen molar-refractivity contribution in [2.24, 2.45) is 0 Å². The van der Waals surface area contributed by atoms with Crippen LogP contribution >= 0.6 is 0 Å². The average molecular weight is 1170 g/mol. The zero-order chi connectivity index (χ0) is 59.9. The number of rotatable bonds is 70. The highest BCUT2D eigenvalue weighted by Gasteiger charge is 2.20. The van der Waals surface area contributed by atoms with Gasteiger partial charge in [-0.1, -0.05) is 378 Å². The molecular formula is C77H144O6. The molecule has 6 nitrogen and oxygen atoms in total. The van der Waals surface area contributed by atoms with E-state index in [1.54, 1.807) is 0 Å². The minimum atomic E-state index is -0.768. The second kappa shape index (κ2) is 72.1. The van der Waals surface area contributed by atoms with Gasteiger partial charge in [0.2, 0.25) is 0 Å². The molecule has 0 aromatic rings. The van der Waals surface area contributed by atoms with E-state index in [0.717, 1.165) is 70.6 Å². The molecule has 83 heavy (non-hydrogen) atoms. The van der Waals surface area contributed by atoms with Gasteiger partial charge in [0, 0.05) is 19.3 Å². The maximum absolute atomic E-state index is 13.0. The molecule has 0 rings (SSSR count). The smallest absolute Gasteiger partial charge is 0.306 e. The maximum atomic E-state index is 13.0. The Morgan fingerprint density at radius 2 is 0.434 bits per heavy atom. The third kappa shape index (κ3) is 70.3. The summed E-state index contributed by atoms with van der Waals surface area (Å²) in [5, 5.41) is 0. The van der Waals surface area contributed by atoms with Crippen molar-refractivity contribution in [2.45, 2.75) is 425 Å². The molecular weight excluding hydrogens is 1020 g/mol. The number of ether oxygens (including phenoxy) is 3. The van der Waals surface area contributed by atoms with Crippen LogP contribution < -0.4 is 0 Å². The Kier molecular flexibility index (Phi) is 70.0. The lowest BCUT2D eigenvalue weighted by molar-refractivity contribution is -0.167. The quantitative estimate of drug-likeness (QED) is 0.0261. The van der Waals surface area contributed by atoms with Gasteiger partial charge < -0.3 is 14.2 Å². The molecule has 0 saturated carbocycles. The molecule has 488 valence electrons. The van der Waals surface area contributed by atoms with Gasteiger partial charge in [-0.25, -0.2) is 0 Å². The molecule has 0 aromatic heterocycles. The third-order valence-electron chi connectivity index (χ3n) is 17.1. The number of allylic oxidation sites excluding steroid dienone is 6. The van der Waals surface area contributed by atoms with Crippen molar-refractivity contribution in [2.75, 3.05) is 13.2 Å². The summed E-state index contributed by atoms with van der Waals surface area (Å²) < 4.78 is 17.0. The van der Waals surface area contributed by atoms with E-state index in [2.05, 4.69) is 57.2 Å². The summed E-state index contributed by atoms with van der Waals surface area (Å²) in [5.41, 5.74) is 0. The minimum absolute atomic E-state index is 0.0646. The van der Waals surface area contributed by atoms with Gasteiger partial charge in [0.25, 0.3) is 0 Å². The lowest BCUT2D eigenvalue weighted by Crippen LogP contribution is -2.30. The summed E-state index contributed by atoms with van der Waals surface area (Å²) in [5.74, 6) is -0.832. The van der Waals surface area contributed by atoms with Crippen LogP contribution in [0.2, 0.25) is 0 Å². The van der Waals surface area contributed by atoms with E-state index in [9.17, 15) is 14.4 Å². The predicted molar refractivity (Wildman–Crippen MR) is 362 cm³/mol. The Hall–Kier alpha value is -2.37. The molecule has 0 saturated heterocycles. The highest BCUT2D eigenvalue weighted by molar-refractivity contribution is 5.71. The molecule has 6 heteroatoms. The second-order valence-corrected chi connectivity index (χ2v) is 25.6. The summed E-state index contributed by atoms with van der Waals surface area (Å²) in [4.78, 5) is 38.4. The van der Waals surface area contributed by atoms with E-state index < -0.39 is 6.10 Å². The molecule has 0 aromatic carbocycles. The normalized spacial score (nSPS) is 12.2. The molecule has 0 fully saturated rings. The number of hydrogen-bond acceptors (Lipinski definition) is 6. The predicted octanol–water partition coefficient (Wildman–Crippen LogP) is 25.9. The number of carbonyl (C=O) groups is 3. The summed E-state index contributed by atoms with van der Waals surface area (Å²) in [7, 11) is 0. The Morgan fingerprint density at radius 1 is 0.241 bits per heavy atom. The van der Waals surface area contributed by atoms with Crippen LogP contribution in [0.5, 0.6) is 0 Å². The molecule has 1 atom stereocenters. The Labute approximate surface area is 518 Å². The van der Waals surface area contributed by atoms with Gasteiger partial charge in [-0.3, -0.25) is 14.4 Å². The first-order chi connectivity index (χ1) is 41.0. The van der Waals surface area contributed by atoms with Crippen LogP contribution in [0.3, 0.4) is 0 Å². The highest BCUT2D eigenvalue weighted by Crippen LogP contribution is 2.19. The van der Waals surface area contributed by atoms with Crippen molar-refractivity contribution in [1.82, 2.24) is 0 Å². The molecule has 0 amide bonds. The SMILES string of the molecule is CCCCCCC/C=C\C/C=C\C/C=C\CCCCCCCCCCCCCCCCCCC(=O)OCC(COC(=O)CCCCCCCCCCCCC)OC(=O)CCCCCCCCCCCCCCCCCCCCCCCCC. The molecule has 0 aliphatic heterocycles. The second-order valence-electron chi connectivity index (χ2n) is 25.6. The van der Waals surface area contributed by atoms with Gasteiger partial charge in [-0.05, 0) is 57.8 Å². The van der Waals surface area contributed by atoms with Crippen molar-refractivity contribution in [3.63, 3.8) is 0 Å². The number of carbonyl (C=O) groups excluding carboxylic acids is 3. The molecule has 1 unspecified atom stereocenters. The highest BCUT2D eigenvalue weighted by atomic mass is 16.6. The van der Waals surface area contributed by atoms with Crippen LogP contribution in [0, 0.1) is 0 Å². The van der Waals surface area contributed by atoms with Crippen molar-refractivity contribution < 1.29 is 28.6 Å². The number of esters is 3. The Bertz CT molecular complexity index is 1380. The first kappa shape index (κ1) is 80.6. The van der Waals surface area contributed by atoms with Crippen molar-refractivity contribution in [1.29, 1.82) is 0 Å². The third-order valence-corrected chi connectivity index (χ3v) is 17.1. The first-order valence-corrected chi connectivity index (χ1v) is 37.5. The largest absolute Gasteiger partial charge is 0.462 e. The fourth-order valence-electron chi connectivity index (χ4n) is 11.5. The average Bonchev–Trinajstić information content (AvgIpc) is 3.48. The molecule has 0 aliphatic carbocycles. The van der Waals surface area contributed by atoms with Gasteiger partial charge in [0.05, 0.1) is 0 Å². The number of unbranched alkanes of at least 4 members (excludes halogenated alkanes) is 53. The van der Waals surface area contributed by atoms with Gasteiger partial charge >= 0.3 is 17.9 Å². The zero-order valence-electron chi connectivity index (χ0n) is 56.2. The molecule has 0 aliphatic rings. The van der Waals surface area contributed by atoms with Crippen LogP contribution in [0.25, 0.3) is 0 Å². The summed E-state index contributed by atoms with van der Waals surface area (Å²) in [6, 6.07) is 0. The topological polar surface area (TPSA) is 78.9 Å². The van der Waals surface area contributed by atoms with Crippen LogP contribution in [0.1, 0.15) is 419 Å². The minimum Gasteiger partial charge on any atom is -0.462 e. The van der Waals surface area contributed by atoms with Crippen molar-refractivity contribution in [3.05, 3.63) is 36.5 Å². The van der Waals surface area contributed by atoms with Crippen molar-refractivity contribution in [3.8, 4) is 0 Å². The Morgan fingerprint density at radius 3 is 0.675 bits per heavy atom. The van der Waals surface area contributed by atoms with E-state index in [1.165, 1.54) is 308 Å². The summed E-state index contributed by atoms with van der Waals surface area (Å²) in [6.07, 6.45) is 90.5. The number of hydrogen-bond donors (Lipinski definition) is 0. The lowest BCUT2D eigenvalue weighted by Gasteiger charge is -2.18. The van der Waals surface area contributed by atoms with Crippen molar-refractivity contribution >= 4 is 17.9 Å². The standard InChI is InChI=1S/C77H144O6/c1-4-7-10-13-16-19-22-24-26-28-30-32-34-35-36-37-38-39-40-41-43-44-46-48-50-52-55-58-61-64-67-70-76(79)82-73-74(72-81-75(78)69-66-63-60-57-54-21-18-15-12-9-6-3)83-77(80)71-68-65-62-59-56-53-51-49-47-45-42-33-31-29-27-25-23-20-17-14-11-8-5-2/h22,24,28,30,34-35,74H,4-21,23,25-27,29,31-33,36-73H2,1-3H3/b24-22-,30-28-,35-34-. The van der Waals surface area contributed by atoms with E-state index in [-0.39, 0.29) is 31.1 Å². The van der Waals surface area contributed by atoms with Crippen LogP contribution in [0.15, 0.2) is 36.5 Å². The first-order valence-electron chi connectivity index (χ1n) is 37.5. The summed E-state index contributed by atoms with van der Waals surface area (Å²) in [6.45, 7) is 6.70. The molecule has 0 radical (unpaired) electrons. The molecule has 0 bridgehead atoms. The van der Waals surface area contributed by atoms with E-state index in [4.69, 9.17) is 14.2 Å². The fourth-order valence-corrected chi connectivity index (χ4v) is 11.5. The van der Waals surface area contributed by atoms with E-state index >= 15 is 0 Å². The van der Waals surface area contributed by atoms with Gasteiger partial charge in [-0.2, -0.15) is 0 Å². The molecule has 0 N–H and O–H groups in total. The van der Waals surface area contributed by atoms with Gasteiger partial charge in [-0.15, -0.1) is 0 Å². The van der Waals surface area contributed by atoms with Crippen LogP contribution in [-0.4, -0.2) is 37.2 Å². The fraction of sp³-hybridized carbons (Fsp3) is 0.883. The summed E-state index contributed by atoms with van der Waals surface area (Å²) >= 11 is 0. The van der Waals surface area contributed by atoms with E-state index in [1.807, 2.05) is 0 Å². The van der Waals surface area contributed by atoms with Gasteiger partial charge in [0.1, 0.15) is 13.2 Å². The lowest BCUT2D eigenvalue weighted by atomic mass is 10.0. The Balaban J connectivity index is 4.12. The van der Waals surface area contributed by atoms with E-state index in [0.29, 0.717) is 19.3 Å². The van der Waals surface area contributed by atoms with Gasteiger partial charge in [0.15, 0.2) is 6.10 Å². The maximum Gasteiger partial charge on any atom is 0.306 e. The van der Waals surface area contributed by atoms with Crippen LogP contribution in [0.4, 0.5) is 0 Å². The monoisotopic (exact) mass is 1170 g/mol.